The number of rotatable bonds is 8. The van der Waals surface area contributed by atoms with Gasteiger partial charge in [0.05, 0.1) is 0 Å². The van der Waals surface area contributed by atoms with Crippen LogP contribution in [0.2, 0.25) is 0 Å². The molecule has 1 aliphatic carbocycles. The van der Waals surface area contributed by atoms with Crippen LogP contribution in [0.25, 0.3) is 0 Å². The largest absolute Gasteiger partial charge is 0.480 e. The van der Waals surface area contributed by atoms with Gasteiger partial charge in [0.1, 0.15) is 5.54 Å². The number of nitrogens with zero attached hydrogens (tertiary/aromatic N) is 1. The fourth-order valence-corrected chi connectivity index (χ4v) is 3.40. The highest BCUT2D eigenvalue weighted by atomic mass is 16.4. The molecule has 2 rings (SSSR count). The van der Waals surface area contributed by atoms with Crippen molar-refractivity contribution in [2.45, 2.75) is 83.3 Å². The van der Waals surface area contributed by atoms with Crippen LogP contribution in [0.4, 0.5) is 0 Å². The Bertz CT molecular complexity index is 357. The van der Waals surface area contributed by atoms with Gasteiger partial charge >= 0.3 is 5.97 Å². The lowest BCUT2D eigenvalue weighted by Crippen LogP contribution is -2.50. The third kappa shape index (κ3) is 4.96. The molecule has 0 spiro atoms. The summed E-state index contributed by atoms with van der Waals surface area (Å²) in [6, 6.07) is 1.13. The second-order valence-electron chi connectivity index (χ2n) is 7.54. The summed E-state index contributed by atoms with van der Waals surface area (Å²) in [6.07, 6.45) is 7.73. The third-order valence-electron chi connectivity index (χ3n) is 5.19. The first kappa shape index (κ1) is 16.8. The van der Waals surface area contributed by atoms with Crippen LogP contribution in [0, 0.1) is 5.92 Å². The normalized spacial score (nSPS) is 30.0. The summed E-state index contributed by atoms with van der Waals surface area (Å²) >= 11 is 0. The smallest absolute Gasteiger partial charge is 0.323 e. The summed E-state index contributed by atoms with van der Waals surface area (Å²) in [5.41, 5.74) is -0.734. The Morgan fingerprint density at radius 2 is 1.95 bits per heavy atom. The molecule has 1 saturated carbocycles. The van der Waals surface area contributed by atoms with Crippen molar-refractivity contribution in [3.63, 3.8) is 0 Å². The topological polar surface area (TPSA) is 52.6 Å². The molecular weight excluding hydrogens is 264 g/mol. The first-order chi connectivity index (χ1) is 9.90. The zero-order valence-electron chi connectivity index (χ0n) is 13.9. The molecule has 3 atom stereocenters. The standard InChI is InChI=1S/C17H32N2O2/c1-13-6-7-14(2)19(12-13)11-5-4-10-17(3,16(20)21)18-15-8-9-15/h13-15,18H,4-12H2,1-3H3,(H,20,21). The molecule has 122 valence electrons. The molecule has 0 radical (unpaired) electrons. The Balaban J connectivity index is 1.70. The molecule has 2 fully saturated rings. The van der Waals surface area contributed by atoms with E-state index in [1.165, 1.54) is 19.4 Å². The zero-order valence-corrected chi connectivity index (χ0v) is 13.9. The Hall–Kier alpha value is -0.610. The Morgan fingerprint density at radius 3 is 2.57 bits per heavy atom. The van der Waals surface area contributed by atoms with Crippen LogP contribution in [0.5, 0.6) is 0 Å². The number of likely N-dealkylation sites (tertiary alicyclic amines) is 1. The lowest BCUT2D eigenvalue weighted by atomic mass is 9.93. The van der Waals surface area contributed by atoms with Crippen molar-refractivity contribution in [1.29, 1.82) is 0 Å². The van der Waals surface area contributed by atoms with E-state index in [9.17, 15) is 9.90 Å². The molecule has 0 aromatic heterocycles. The van der Waals surface area contributed by atoms with Crippen molar-refractivity contribution in [3.8, 4) is 0 Å². The lowest BCUT2D eigenvalue weighted by Gasteiger charge is -2.37. The molecule has 1 saturated heterocycles. The van der Waals surface area contributed by atoms with Gasteiger partial charge in [-0.1, -0.05) is 6.92 Å². The summed E-state index contributed by atoms with van der Waals surface area (Å²) in [5.74, 6) is 0.108. The number of piperidine rings is 1. The molecule has 4 heteroatoms. The van der Waals surface area contributed by atoms with E-state index in [2.05, 4.69) is 24.1 Å². The fraction of sp³-hybridized carbons (Fsp3) is 0.941. The van der Waals surface area contributed by atoms with Gasteiger partial charge in [0, 0.05) is 18.6 Å². The highest BCUT2D eigenvalue weighted by molar-refractivity contribution is 5.78. The maximum atomic E-state index is 11.5. The summed E-state index contributed by atoms with van der Waals surface area (Å²) in [7, 11) is 0. The van der Waals surface area contributed by atoms with Crippen molar-refractivity contribution in [2.24, 2.45) is 5.92 Å². The first-order valence-corrected chi connectivity index (χ1v) is 8.66. The van der Waals surface area contributed by atoms with Gasteiger partial charge in [-0.05, 0) is 71.3 Å². The molecule has 1 aliphatic heterocycles. The molecule has 3 unspecified atom stereocenters. The van der Waals surface area contributed by atoms with Crippen LogP contribution < -0.4 is 5.32 Å². The van der Waals surface area contributed by atoms with Crippen LogP contribution in [-0.2, 0) is 4.79 Å². The fourth-order valence-electron chi connectivity index (χ4n) is 3.40. The molecule has 0 bridgehead atoms. The van der Waals surface area contributed by atoms with E-state index >= 15 is 0 Å². The molecular formula is C17H32N2O2. The maximum absolute atomic E-state index is 11.5. The number of aliphatic carboxylic acids is 1. The van der Waals surface area contributed by atoms with Crippen LogP contribution >= 0.6 is 0 Å². The Morgan fingerprint density at radius 1 is 1.24 bits per heavy atom. The summed E-state index contributed by atoms with van der Waals surface area (Å²) in [6.45, 7) is 8.82. The molecule has 0 amide bonds. The highest BCUT2D eigenvalue weighted by Crippen LogP contribution is 2.26. The lowest BCUT2D eigenvalue weighted by molar-refractivity contribution is -0.144. The molecule has 0 aromatic carbocycles. The average molecular weight is 296 g/mol. The monoisotopic (exact) mass is 296 g/mol. The molecule has 21 heavy (non-hydrogen) atoms. The average Bonchev–Trinajstić information content (AvgIpc) is 3.22. The van der Waals surface area contributed by atoms with Crippen molar-refractivity contribution in [1.82, 2.24) is 10.2 Å². The summed E-state index contributed by atoms with van der Waals surface area (Å²) < 4.78 is 0. The van der Waals surface area contributed by atoms with Gasteiger partial charge in [0.15, 0.2) is 0 Å². The van der Waals surface area contributed by atoms with E-state index in [4.69, 9.17) is 0 Å². The number of hydrogen-bond acceptors (Lipinski definition) is 3. The van der Waals surface area contributed by atoms with Gasteiger partial charge in [-0.25, -0.2) is 0 Å². The second-order valence-corrected chi connectivity index (χ2v) is 7.54. The van der Waals surface area contributed by atoms with Crippen LogP contribution in [-0.4, -0.2) is 46.7 Å². The molecule has 1 heterocycles. The predicted molar refractivity (Wildman–Crippen MR) is 85.5 cm³/mol. The van der Waals surface area contributed by atoms with E-state index in [1.807, 2.05) is 6.92 Å². The van der Waals surface area contributed by atoms with E-state index in [-0.39, 0.29) is 0 Å². The molecule has 2 N–H and O–H groups in total. The van der Waals surface area contributed by atoms with Crippen molar-refractivity contribution < 1.29 is 9.90 Å². The van der Waals surface area contributed by atoms with E-state index in [1.54, 1.807) is 0 Å². The van der Waals surface area contributed by atoms with Crippen molar-refractivity contribution >= 4 is 5.97 Å². The zero-order chi connectivity index (χ0) is 15.5. The van der Waals surface area contributed by atoms with Gasteiger partial charge in [0.25, 0.3) is 0 Å². The van der Waals surface area contributed by atoms with E-state index in [0.29, 0.717) is 12.1 Å². The Kier molecular flexibility index (Phi) is 5.67. The minimum Gasteiger partial charge on any atom is -0.480 e. The molecule has 4 nitrogen and oxygen atoms in total. The van der Waals surface area contributed by atoms with Crippen LogP contribution in [0.15, 0.2) is 0 Å². The van der Waals surface area contributed by atoms with Crippen LogP contribution in [0.3, 0.4) is 0 Å². The van der Waals surface area contributed by atoms with E-state index < -0.39 is 11.5 Å². The van der Waals surface area contributed by atoms with Gasteiger partial charge in [-0.3, -0.25) is 10.1 Å². The summed E-state index contributed by atoms with van der Waals surface area (Å²) in [4.78, 5) is 14.1. The number of nitrogens with one attached hydrogen (secondary N) is 1. The SMILES string of the molecule is CC1CCC(C)N(CCCCC(C)(NC2CC2)C(=O)O)C1. The summed E-state index contributed by atoms with van der Waals surface area (Å²) in [5, 5.41) is 12.8. The number of carboxylic acids is 1. The molecule has 0 aromatic rings. The third-order valence-corrected chi connectivity index (χ3v) is 5.19. The first-order valence-electron chi connectivity index (χ1n) is 8.66. The number of carbonyl (C=O) groups is 1. The minimum atomic E-state index is -0.734. The van der Waals surface area contributed by atoms with Gasteiger partial charge in [-0.2, -0.15) is 0 Å². The predicted octanol–water partition coefficient (Wildman–Crippen LogP) is 2.87. The molecule has 2 aliphatic rings. The van der Waals surface area contributed by atoms with Crippen LogP contribution in [0.1, 0.15) is 65.7 Å². The second kappa shape index (κ2) is 7.10. The quantitative estimate of drug-likeness (QED) is 0.676. The number of unbranched alkanes of at least 4 members (excludes halogenated alkanes) is 1. The Labute approximate surface area is 129 Å². The van der Waals surface area contributed by atoms with Gasteiger partial charge in [0.2, 0.25) is 0 Å². The van der Waals surface area contributed by atoms with Gasteiger partial charge in [-0.15, -0.1) is 0 Å². The van der Waals surface area contributed by atoms with Crippen molar-refractivity contribution in [3.05, 3.63) is 0 Å². The van der Waals surface area contributed by atoms with Crippen molar-refractivity contribution in [2.75, 3.05) is 13.1 Å². The number of carboxylic acid groups (broad SMARTS) is 1. The highest BCUT2D eigenvalue weighted by Gasteiger charge is 2.37. The number of hydrogen-bond donors (Lipinski definition) is 2. The minimum absolute atomic E-state index is 0.439. The van der Waals surface area contributed by atoms with Gasteiger partial charge < -0.3 is 10.0 Å². The maximum Gasteiger partial charge on any atom is 0.323 e. The van der Waals surface area contributed by atoms with E-state index in [0.717, 1.165) is 44.6 Å².